The Balaban J connectivity index is 2.74. The van der Waals surface area contributed by atoms with Crippen molar-refractivity contribution in [2.45, 2.75) is 34.1 Å². The normalized spacial score (nSPS) is 11.1. The number of carbonyl (C=O) groups is 1. The van der Waals surface area contributed by atoms with Crippen molar-refractivity contribution < 1.29 is 4.79 Å². The number of anilines is 1. The van der Waals surface area contributed by atoms with Crippen molar-refractivity contribution in [1.82, 2.24) is 4.90 Å². The van der Waals surface area contributed by atoms with Crippen LogP contribution in [0.25, 0.3) is 0 Å². The second kappa shape index (κ2) is 7.17. The maximum absolute atomic E-state index is 12.4. The molecule has 0 aliphatic heterocycles. The van der Waals surface area contributed by atoms with Crippen molar-refractivity contribution in [3.8, 4) is 0 Å². The second-order valence-corrected chi connectivity index (χ2v) is 5.96. The van der Waals surface area contributed by atoms with Crippen molar-refractivity contribution in [2.24, 2.45) is 11.8 Å². The highest BCUT2D eigenvalue weighted by Gasteiger charge is 2.17. The van der Waals surface area contributed by atoms with Gasteiger partial charge in [0.15, 0.2) is 0 Å². The van der Waals surface area contributed by atoms with E-state index in [1.165, 1.54) is 0 Å². The molecule has 1 aromatic rings. The van der Waals surface area contributed by atoms with Crippen LogP contribution in [0.2, 0.25) is 0 Å². The molecule has 106 valence electrons. The average Bonchev–Trinajstić information content (AvgIpc) is 2.30. The van der Waals surface area contributed by atoms with Gasteiger partial charge in [-0.15, -0.1) is 0 Å². The van der Waals surface area contributed by atoms with Gasteiger partial charge >= 0.3 is 0 Å². The average molecular weight is 262 g/mol. The van der Waals surface area contributed by atoms with E-state index < -0.39 is 0 Å². The molecule has 0 saturated heterocycles. The van der Waals surface area contributed by atoms with Gasteiger partial charge in [-0.05, 0) is 23.5 Å². The number of rotatable bonds is 6. The Morgan fingerprint density at radius 1 is 1.11 bits per heavy atom. The minimum Gasteiger partial charge on any atom is -0.398 e. The van der Waals surface area contributed by atoms with Crippen LogP contribution in [0.3, 0.4) is 0 Å². The van der Waals surface area contributed by atoms with E-state index in [0.717, 1.165) is 18.7 Å². The molecule has 3 heteroatoms. The number of para-hydroxylation sites is 1. The number of nitrogens with zero attached hydrogens (tertiary/aromatic N) is 1. The molecule has 0 bridgehead atoms. The first-order valence-electron chi connectivity index (χ1n) is 7.01. The van der Waals surface area contributed by atoms with Crippen LogP contribution in [0.4, 0.5) is 5.69 Å². The van der Waals surface area contributed by atoms with Gasteiger partial charge in [0.1, 0.15) is 0 Å². The van der Waals surface area contributed by atoms with Crippen LogP contribution >= 0.6 is 0 Å². The topological polar surface area (TPSA) is 46.3 Å². The summed E-state index contributed by atoms with van der Waals surface area (Å²) in [5.41, 5.74) is 7.52. The number of amides is 1. The highest BCUT2D eigenvalue weighted by Crippen LogP contribution is 2.14. The van der Waals surface area contributed by atoms with Gasteiger partial charge in [-0.3, -0.25) is 4.79 Å². The third-order valence-electron chi connectivity index (χ3n) is 2.92. The molecule has 0 fully saturated rings. The lowest BCUT2D eigenvalue weighted by Gasteiger charge is -2.26. The molecule has 0 radical (unpaired) electrons. The van der Waals surface area contributed by atoms with Gasteiger partial charge in [0.25, 0.3) is 0 Å². The number of carbonyl (C=O) groups excluding carboxylic acids is 1. The van der Waals surface area contributed by atoms with E-state index in [1.54, 1.807) is 0 Å². The second-order valence-electron chi connectivity index (χ2n) is 5.96. The molecule has 0 unspecified atom stereocenters. The zero-order valence-electron chi connectivity index (χ0n) is 12.5. The lowest BCUT2D eigenvalue weighted by atomic mass is 10.1. The minimum atomic E-state index is 0.167. The van der Waals surface area contributed by atoms with E-state index in [2.05, 4.69) is 27.7 Å². The fourth-order valence-electron chi connectivity index (χ4n) is 2.13. The Kier molecular flexibility index (Phi) is 5.87. The fraction of sp³-hybridized carbons (Fsp3) is 0.562. The summed E-state index contributed by atoms with van der Waals surface area (Å²) in [4.78, 5) is 14.4. The molecule has 0 saturated carbocycles. The van der Waals surface area contributed by atoms with E-state index in [9.17, 15) is 4.79 Å². The SMILES string of the molecule is CC(C)CN(CC(C)C)C(=O)Cc1ccccc1N. The zero-order chi connectivity index (χ0) is 14.4. The van der Waals surface area contributed by atoms with Gasteiger partial charge in [-0.25, -0.2) is 0 Å². The first kappa shape index (κ1) is 15.5. The van der Waals surface area contributed by atoms with Gasteiger partial charge in [0.2, 0.25) is 5.91 Å². The molecule has 1 rings (SSSR count). The van der Waals surface area contributed by atoms with Crippen LogP contribution in [0, 0.1) is 11.8 Å². The van der Waals surface area contributed by atoms with E-state index in [-0.39, 0.29) is 5.91 Å². The summed E-state index contributed by atoms with van der Waals surface area (Å²) in [6.07, 6.45) is 0.395. The standard InChI is InChI=1S/C16H26N2O/c1-12(2)10-18(11-13(3)4)16(19)9-14-7-5-6-8-15(14)17/h5-8,12-13H,9-11,17H2,1-4H3. The first-order chi connectivity index (χ1) is 8.90. The van der Waals surface area contributed by atoms with Gasteiger partial charge in [0, 0.05) is 18.8 Å². The van der Waals surface area contributed by atoms with Crippen molar-refractivity contribution in [3.05, 3.63) is 29.8 Å². The van der Waals surface area contributed by atoms with Crippen LogP contribution in [-0.4, -0.2) is 23.9 Å². The third kappa shape index (κ3) is 5.33. The highest BCUT2D eigenvalue weighted by atomic mass is 16.2. The molecule has 0 aromatic heterocycles. The molecular formula is C16H26N2O. The summed E-state index contributed by atoms with van der Waals surface area (Å²) >= 11 is 0. The van der Waals surface area contributed by atoms with Crippen molar-refractivity contribution >= 4 is 11.6 Å². The maximum atomic E-state index is 12.4. The Morgan fingerprint density at radius 3 is 2.11 bits per heavy atom. The molecule has 0 aliphatic carbocycles. The van der Waals surface area contributed by atoms with Gasteiger partial charge in [-0.2, -0.15) is 0 Å². The van der Waals surface area contributed by atoms with Crippen LogP contribution in [0.15, 0.2) is 24.3 Å². The number of nitrogen functional groups attached to an aromatic ring is 1. The summed E-state index contributed by atoms with van der Waals surface area (Å²) < 4.78 is 0. The Labute approximate surface area is 116 Å². The van der Waals surface area contributed by atoms with Crippen LogP contribution in [0.1, 0.15) is 33.3 Å². The summed E-state index contributed by atoms with van der Waals surface area (Å²) in [5.74, 6) is 1.13. The molecule has 0 heterocycles. The van der Waals surface area contributed by atoms with Gasteiger partial charge in [-0.1, -0.05) is 45.9 Å². The number of hydrogen-bond acceptors (Lipinski definition) is 2. The van der Waals surface area contributed by atoms with E-state index in [4.69, 9.17) is 5.73 Å². The van der Waals surface area contributed by atoms with E-state index in [0.29, 0.717) is 23.9 Å². The molecule has 3 nitrogen and oxygen atoms in total. The molecule has 1 aromatic carbocycles. The van der Waals surface area contributed by atoms with E-state index >= 15 is 0 Å². The third-order valence-corrected chi connectivity index (χ3v) is 2.92. The molecule has 19 heavy (non-hydrogen) atoms. The molecule has 0 aliphatic rings. The van der Waals surface area contributed by atoms with Gasteiger partial charge < -0.3 is 10.6 Å². The number of benzene rings is 1. The summed E-state index contributed by atoms with van der Waals surface area (Å²) in [6.45, 7) is 10.2. The van der Waals surface area contributed by atoms with Crippen molar-refractivity contribution in [1.29, 1.82) is 0 Å². The molecule has 0 atom stereocenters. The fourth-order valence-corrected chi connectivity index (χ4v) is 2.13. The van der Waals surface area contributed by atoms with E-state index in [1.807, 2.05) is 29.2 Å². The first-order valence-corrected chi connectivity index (χ1v) is 7.01. The molecule has 2 N–H and O–H groups in total. The lowest BCUT2D eigenvalue weighted by molar-refractivity contribution is -0.131. The smallest absolute Gasteiger partial charge is 0.227 e. The Bertz CT molecular complexity index is 403. The minimum absolute atomic E-state index is 0.167. The Morgan fingerprint density at radius 2 is 1.63 bits per heavy atom. The quantitative estimate of drug-likeness (QED) is 0.801. The molecule has 0 spiro atoms. The summed E-state index contributed by atoms with van der Waals surface area (Å²) in [6, 6.07) is 7.59. The predicted octanol–water partition coefficient (Wildman–Crippen LogP) is 2.95. The predicted molar refractivity (Wildman–Crippen MR) is 80.8 cm³/mol. The van der Waals surface area contributed by atoms with Crippen LogP contribution < -0.4 is 5.73 Å². The molecular weight excluding hydrogens is 236 g/mol. The number of nitrogens with two attached hydrogens (primary N) is 1. The van der Waals surface area contributed by atoms with Crippen LogP contribution in [-0.2, 0) is 11.2 Å². The van der Waals surface area contributed by atoms with Crippen molar-refractivity contribution in [2.75, 3.05) is 18.8 Å². The lowest BCUT2D eigenvalue weighted by Crippen LogP contribution is -2.38. The zero-order valence-corrected chi connectivity index (χ0v) is 12.5. The molecule has 1 amide bonds. The maximum Gasteiger partial charge on any atom is 0.227 e. The largest absolute Gasteiger partial charge is 0.398 e. The van der Waals surface area contributed by atoms with Crippen LogP contribution in [0.5, 0.6) is 0 Å². The Hall–Kier alpha value is -1.51. The number of hydrogen-bond donors (Lipinski definition) is 1. The van der Waals surface area contributed by atoms with Crippen molar-refractivity contribution in [3.63, 3.8) is 0 Å². The summed E-state index contributed by atoms with van der Waals surface area (Å²) in [7, 11) is 0. The summed E-state index contributed by atoms with van der Waals surface area (Å²) in [5, 5.41) is 0. The van der Waals surface area contributed by atoms with Gasteiger partial charge in [0.05, 0.1) is 6.42 Å². The monoisotopic (exact) mass is 262 g/mol. The highest BCUT2D eigenvalue weighted by molar-refractivity contribution is 5.80.